The lowest BCUT2D eigenvalue weighted by Crippen LogP contribution is -2.42. The number of piperidine rings is 1. The molecule has 1 aliphatic heterocycles. The lowest BCUT2D eigenvalue weighted by molar-refractivity contribution is 0.159. The molecule has 2 heterocycles. The third-order valence-electron chi connectivity index (χ3n) is 5.02. The van der Waals surface area contributed by atoms with E-state index in [1.807, 2.05) is 18.5 Å². The number of aliphatic imine (C=N–C) groups is 1. The Morgan fingerprint density at radius 2 is 2.08 bits per heavy atom. The third-order valence-corrected chi connectivity index (χ3v) is 5.02. The molecule has 1 atom stereocenters. The molecular formula is C18H35N7O. The molecule has 1 aromatic heterocycles. The Morgan fingerprint density at radius 3 is 2.77 bits per heavy atom. The van der Waals surface area contributed by atoms with E-state index in [9.17, 15) is 0 Å². The fourth-order valence-electron chi connectivity index (χ4n) is 3.16. The zero-order valence-electron chi connectivity index (χ0n) is 16.8. The number of aryl methyl sites for hydroxylation is 1. The SMILES string of the molecule is COCCNC(=NCc1nnc(C)n1C)NCCCN1CCCCC1C. The molecule has 1 unspecified atom stereocenters. The molecule has 0 amide bonds. The summed E-state index contributed by atoms with van der Waals surface area (Å²) in [4.78, 5) is 7.24. The number of nitrogens with zero attached hydrogens (tertiary/aromatic N) is 5. The molecule has 148 valence electrons. The van der Waals surface area contributed by atoms with Gasteiger partial charge in [0, 0.05) is 39.8 Å². The van der Waals surface area contributed by atoms with Crippen LogP contribution in [0.5, 0.6) is 0 Å². The Hall–Kier alpha value is -1.67. The molecule has 1 aromatic rings. The molecule has 0 spiro atoms. The summed E-state index contributed by atoms with van der Waals surface area (Å²) in [6.07, 6.45) is 5.14. The first kappa shape index (κ1) is 20.6. The molecule has 1 fully saturated rings. The molecule has 26 heavy (non-hydrogen) atoms. The number of nitrogens with one attached hydrogen (secondary N) is 2. The first-order valence-corrected chi connectivity index (χ1v) is 9.72. The fourth-order valence-corrected chi connectivity index (χ4v) is 3.16. The van der Waals surface area contributed by atoms with Crippen LogP contribution < -0.4 is 10.6 Å². The summed E-state index contributed by atoms with van der Waals surface area (Å²) in [5.74, 6) is 2.56. The van der Waals surface area contributed by atoms with Crippen LogP contribution in [-0.4, -0.2) is 71.6 Å². The van der Waals surface area contributed by atoms with Crippen molar-refractivity contribution >= 4 is 5.96 Å². The Labute approximate surface area is 157 Å². The monoisotopic (exact) mass is 365 g/mol. The number of guanidine groups is 1. The molecule has 0 bridgehead atoms. The summed E-state index contributed by atoms with van der Waals surface area (Å²) in [7, 11) is 3.67. The van der Waals surface area contributed by atoms with Crippen LogP contribution in [0, 0.1) is 6.92 Å². The van der Waals surface area contributed by atoms with Crippen LogP contribution in [0.25, 0.3) is 0 Å². The summed E-state index contributed by atoms with van der Waals surface area (Å²) in [5.41, 5.74) is 0. The Kier molecular flexibility index (Phi) is 8.84. The van der Waals surface area contributed by atoms with Crippen LogP contribution in [0.15, 0.2) is 4.99 Å². The quantitative estimate of drug-likeness (QED) is 0.387. The Morgan fingerprint density at radius 1 is 1.27 bits per heavy atom. The van der Waals surface area contributed by atoms with Crippen LogP contribution in [0.3, 0.4) is 0 Å². The number of ether oxygens (including phenoxy) is 1. The van der Waals surface area contributed by atoms with Crippen molar-refractivity contribution in [3.05, 3.63) is 11.6 Å². The lowest BCUT2D eigenvalue weighted by atomic mass is 10.0. The molecular weight excluding hydrogens is 330 g/mol. The smallest absolute Gasteiger partial charge is 0.191 e. The van der Waals surface area contributed by atoms with Crippen molar-refractivity contribution in [1.82, 2.24) is 30.3 Å². The summed E-state index contributed by atoms with van der Waals surface area (Å²) >= 11 is 0. The standard InChI is InChI=1S/C18H35N7O/c1-15-8-5-6-11-25(15)12-7-9-19-18(20-10-13-26-4)21-14-17-23-22-16(2)24(17)3/h15H,5-14H2,1-4H3,(H2,19,20,21). The van der Waals surface area contributed by atoms with Gasteiger partial charge in [-0.2, -0.15) is 0 Å². The van der Waals surface area contributed by atoms with Gasteiger partial charge in [0.25, 0.3) is 0 Å². The predicted octanol–water partition coefficient (Wildman–Crippen LogP) is 1.07. The van der Waals surface area contributed by atoms with Gasteiger partial charge in [-0.25, -0.2) is 4.99 Å². The maximum atomic E-state index is 5.12. The third kappa shape index (κ3) is 6.57. The van der Waals surface area contributed by atoms with Crippen LogP contribution in [0.4, 0.5) is 0 Å². The molecule has 8 heteroatoms. The molecule has 0 saturated carbocycles. The van der Waals surface area contributed by atoms with E-state index in [4.69, 9.17) is 4.74 Å². The van der Waals surface area contributed by atoms with Crippen molar-refractivity contribution in [3.63, 3.8) is 0 Å². The van der Waals surface area contributed by atoms with Crippen LogP contribution in [-0.2, 0) is 18.3 Å². The Balaban J connectivity index is 1.79. The molecule has 0 aromatic carbocycles. The zero-order valence-corrected chi connectivity index (χ0v) is 16.8. The van der Waals surface area contributed by atoms with Gasteiger partial charge in [0.15, 0.2) is 11.8 Å². The van der Waals surface area contributed by atoms with Crippen molar-refractivity contribution in [1.29, 1.82) is 0 Å². The van der Waals surface area contributed by atoms with E-state index >= 15 is 0 Å². The molecule has 1 saturated heterocycles. The largest absolute Gasteiger partial charge is 0.383 e. The second-order valence-corrected chi connectivity index (χ2v) is 6.97. The topological polar surface area (TPSA) is 79.6 Å². The van der Waals surface area contributed by atoms with Gasteiger partial charge in [0.2, 0.25) is 0 Å². The van der Waals surface area contributed by atoms with E-state index in [-0.39, 0.29) is 0 Å². The van der Waals surface area contributed by atoms with Crippen molar-refractivity contribution in [2.75, 3.05) is 39.9 Å². The van der Waals surface area contributed by atoms with E-state index in [1.165, 1.54) is 25.8 Å². The molecule has 2 N–H and O–H groups in total. The van der Waals surface area contributed by atoms with Gasteiger partial charge in [-0.1, -0.05) is 6.42 Å². The predicted molar refractivity (Wildman–Crippen MR) is 104 cm³/mol. The summed E-state index contributed by atoms with van der Waals surface area (Å²) in [6.45, 7) is 9.44. The minimum atomic E-state index is 0.503. The number of likely N-dealkylation sites (tertiary alicyclic amines) is 1. The number of rotatable bonds is 9. The Bertz CT molecular complexity index is 558. The normalized spacial score (nSPS) is 18.9. The van der Waals surface area contributed by atoms with Gasteiger partial charge in [-0.15, -0.1) is 10.2 Å². The van der Waals surface area contributed by atoms with Gasteiger partial charge in [0.1, 0.15) is 12.4 Å². The van der Waals surface area contributed by atoms with E-state index in [0.29, 0.717) is 13.2 Å². The summed E-state index contributed by atoms with van der Waals surface area (Å²) < 4.78 is 7.08. The second-order valence-electron chi connectivity index (χ2n) is 6.97. The second kappa shape index (κ2) is 11.1. The number of aromatic nitrogens is 3. The van der Waals surface area contributed by atoms with Gasteiger partial charge < -0.3 is 24.8 Å². The van der Waals surface area contributed by atoms with E-state index in [1.54, 1.807) is 7.11 Å². The van der Waals surface area contributed by atoms with E-state index in [0.717, 1.165) is 49.7 Å². The highest BCUT2D eigenvalue weighted by Crippen LogP contribution is 2.15. The molecule has 8 nitrogen and oxygen atoms in total. The molecule has 1 aliphatic rings. The maximum absolute atomic E-state index is 5.12. The highest BCUT2D eigenvalue weighted by molar-refractivity contribution is 5.79. The summed E-state index contributed by atoms with van der Waals surface area (Å²) in [6, 6.07) is 0.718. The van der Waals surface area contributed by atoms with Gasteiger partial charge >= 0.3 is 0 Å². The fraction of sp³-hybridized carbons (Fsp3) is 0.833. The first-order valence-electron chi connectivity index (χ1n) is 9.72. The van der Waals surface area contributed by atoms with Crippen molar-refractivity contribution in [2.45, 2.75) is 52.1 Å². The average molecular weight is 366 g/mol. The van der Waals surface area contributed by atoms with Gasteiger partial charge in [-0.05, 0) is 39.7 Å². The summed E-state index contributed by atoms with van der Waals surface area (Å²) in [5, 5.41) is 15.0. The number of methoxy groups -OCH3 is 1. The minimum Gasteiger partial charge on any atom is -0.383 e. The first-order chi connectivity index (χ1) is 12.6. The molecule has 0 radical (unpaired) electrons. The lowest BCUT2D eigenvalue weighted by Gasteiger charge is -2.33. The van der Waals surface area contributed by atoms with Crippen molar-refractivity contribution in [3.8, 4) is 0 Å². The van der Waals surface area contributed by atoms with Crippen LogP contribution in [0.2, 0.25) is 0 Å². The highest BCUT2D eigenvalue weighted by atomic mass is 16.5. The van der Waals surface area contributed by atoms with E-state index < -0.39 is 0 Å². The van der Waals surface area contributed by atoms with Crippen molar-refractivity contribution < 1.29 is 4.74 Å². The highest BCUT2D eigenvalue weighted by Gasteiger charge is 2.17. The van der Waals surface area contributed by atoms with Crippen LogP contribution >= 0.6 is 0 Å². The van der Waals surface area contributed by atoms with E-state index in [2.05, 4.69) is 37.6 Å². The maximum Gasteiger partial charge on any atom is 0.191 e. The number of hydrogen-bond donors (Lipinski definition) is 2. The average Bonchev–Trinajstić information content (AvgIpc) is 2.96. The van der Waals surface area contributed by atoms with Crippen LogP contribution in [0.1, 0.15) is 44.3 Å². The number of hydrogen-bond acceptors (Lipinski definition) is 5. The van der Waals surface area contributed by atoms with Crippen molar-refractivity contribution in [2.24, 2.45) is 12.0 Å². The zero-order chi connectivity index (χ0) is 18.8. The molecule has 2 rings (SSSR count). The van der Waals surface area contributed by atoms with Gasteiger partial charge in [0.05, 0.1) is 6.61 Å². The van der Waals surface area contributed by atoms with Gasteiger partial charge in [-0.3, -0.25) is 0 Å². The minimum absolute atomic E-state index is 0.503. The molecule has 0 aliphatic carbocycles.